The molecule has 2 aromatic carbocycles. The summed E-state index contributed by atoms with van der Waals surface area (Å²) in [5.41, 5.74) is 1.68. The average Bonchev–Trinajstić information content (AvgIpc) is 3.19. The molecule has 0 radical (unpaired) electrons. The molecule has 4 nitrogen and oxygen atoms in total. The number of rotatable bonds is 5. The topological polar surface area (TPSA) is 46.9 Å². The normalized spacial score (nSPS) is 19.0. The highest BCUT2D eigenvalue weighted by atomic mass is 19.2. The summed E-state index contributed by atoms with van der Waals surface area (Å²) in [6.45, 7) is 0. The second kappa shape index (κ2) is 9.62. The molecule has 0 saturated heterocycles. The minimum absolute atomic E-state index is 0.0185. The number of amides is 1. The Hall–Kier alpha value is -2.76. The van der Waals surface area contributed by atoms with Crippen LogP contribution in [0.25, 0.3) is 22.4 Å². The van der Waals surface area contributed by atoms with Gasteiger partial charge in [0.2, 0.25) is 5.91 Å². The number of carbonyl (C=O) groups excluding carboxylic acids is 1. The molecule has 174 valence electrons. The molecule has 5 rings (SSSR count). The molecule has 2 aliphatic carbocycles. The predicted octanol–water partition coefficient (Wildman–Crippen LogP) is 6.55. The summed E-state index contributed by atoms with van der Waals surface area (Å²) >= 11 is 0. The SMILES string of the molecule is O=C(NC1CCCCC1)C(C1CCCCC1)n1c(-c2ccccc2)nc2cc(F)c(F)cc21. The summed E-state index contributed by atoms with van der Waals surface area (Å²) in [7, 11) is 0. The number of hydrogen-bond acceptors (Lipinski definition) is 2. The maximum atomic E-state index is 14.4. The van der Waals surface area contributed by atoms with Gasteiger partial charge in [0.1, 0.15) is 11.9 Å². The number of nitrogens with zero attached hydrogens (tertiary/aromatic N) is 2. The molecular weight excluding hydrogens is 420 g/mol. The molecule has 1 atom stereocenters. The maximum Gasteiger partial charge on any atom is 0.243 e. The molecule has 2 fully saturated rings. The lowest BCUT2D eigenvalue weighted by atomic mass is 9.82. The van der Waals surface area contributed by atoms with Gasteiger partial charge in [-0.05, 0) is 31.6 Å². The maximum absolute atomic E-state index is 14.4. The van der Waals surface area contributed by atoms with E-state index in [1.165, 1.54) is 18.9 Å². The van der Waals surface area contributed by atoms with Gasteiger partial charge in [-0.15, -0.1) is 0 Å². The first-order valence-electron chi connectivity index (χ1n) is 12.3. The fourth-order valence-electron chi connectivity index (χ4n) is 5.69. The molecular formula is C27H31F2N3O. The molecule has 2 aliphatic rings. The van der Waals surface area contributed by atoms with Gasteiger partial charge in [-0.3, -0.25) is 4.79 Å². The second-order valence-corrected chi connectivity index (χ2v) is 9.61. The van der Waals surface area contributed by atoms with Crippen molar-refractivity contribution in [3.63, 3.8) is 0 Å². The van der Waals surface area contributed by atoms with Gasteiger partial charge in [-0.2, -0.15) is 0 Å². The van der Waals surface area contributed by atoms with E-state index in [4.69, 9.17) is 4.98 Å². The van der Waals surface area contributed by atoms with Crippen molar-refractivity contribution in [3.05, 3.63) is 54.1 Å². The zero-order valence-corrected chi connectivity index (χ0v) is 18.9. The molecule has 1 amide bonds. The third-order valence-corrected chi connectivity index (χ3v) is 7.36. The van der Waals surface area contributed by atoms with E-state index in [2.05, 4.69) is 5.32 Å². The Kier molecular flexibility index (Phi) is 6.43. The second-order valence-electron chi connectivity index (χ2n) is 9.61. The predicted molar refractivity (Wildman–Crippen MR) is 126 cm³/mol. The fraction of sp³-hybridized carbons (Fsp3) is 0.481. The van der Waals surface area contributed by atoms with Crippen molar-refractivity contribution in [1.29, 1.82) is 0 Å². The van der Waals surface area contributed by atoms with Gasteiger partial charge in [-0.1, -0.05) is 68.9 Å². The zero-order valence-electron chi connectivity index (χ0n) is 18.9. The van der Waals surface area contributed by atoms with Crippen LogP contribution < -0.4 is 5.32 Å². The standard InChI is InChI=1S/C27H31F2N3O/c28-21-16-23-24(17-22(21)29)32(26(31-23)19-12-6-2-7-13-19)25(18-10-4-1-5-11-18)27(33)30-20-14-8-3-9-15-20/h2,6-7,12-13,16-18,20,25H,1,3-5,8-11,14-15H2,(H,30,33). The smallest absolute Gasteiger partial charge is 0.243 e. The monoisotopic (exact) mass is 451 g/mol. The van der Waals surface area contributed by atoms with Gasteiger partial charge in [0, 0.05) is 23.7 Å². The van der Waals surface area contributed by atoms with Crippen molar-refractivity contribution in [2.24, 2.45) is 5.92 Å². The summed E-state index contributed by atoms with van der Waals surface area (Å²) in [6, 6.07) is 11.6. The highest BCUT2D eigenvalue weighted by Gasteiger charge is 2.35. The molecule has 3 aromatic rings. The molecule has 1 unspecified atom stereocenters. The Labute approximate surface area is 193 Å². The van der Waals surface area contributed by atoms with Crippen molar-refractivity contribution >= 4 is 16.9 Å². The molecule has 1 heterocycles. The summed E-state index contributed by atoms with van der Waals surface area (Å²) < 4.78 is 30.4. The van der Waals surface area contributed by atoms with Crippen molar-refractivity contribution in [1.82, 2.24) is 14.9 Å². The first-order valence-corrected chi connectivity index (χ1v) is 12.3. The molecule has 0 bridgehead atoms. The van der Waals surface area contributed by atoms with Crippen LogP contribution in [0.5, 0.6) is 0 Å². The minimum Gasteiger partial charge on any atom is -0.352 e. The zero-order chi connectivity index (χ0) is 22.8. The fourth-order valence-corrected chi connectivity index (χ4v) is 5.69. The molecule has 1 aromatic heterocycles. The third-order valence-electron chi connectivity index (χ3n) is 7.36. The molecule has 2 saturated carbocycles. The number of carbonyl (C=O) groups is 1. The quantitative estimate of drug-likeness (QED) is 0.478. The van der Waals surface area contributed by atoms with Crippen LogP contribution in [0.3, 0.4) is 0 Å². The van der Waals surface area contributed by atoms with Crippen molar-refractivity contribution in [2.75, 3.05) is 0 Å². The number of fused-ring (bicyclic) bond motifs is 1. The Morgan fingerprint density at radius 1 is 0.909 bits per heavy atom. The van der Waals surface area contributed by atoms with Gasteiger partial charge < -0.3 is 9.88 Å². The summed E-state index contributed by atoms with van der Waals surface area (Å²) in [6.07, 6.45) is 10.7. The van der Waals surface area contributed by atoms with Crippen LogP contribution in [0.1, 0.15) is 70.3 Å². The van der Waals surface area contributed by atoms with Crippen molar-refractivity contribution < 1.29 is 13.6 Å². The van der Waals surface area contributed by atoms with Crippen LogP contribution >= 0.6 is 0 Å². The van der Waals surface area contributed by atoms with E-state index in [9.17, 15) is 13.6 Å². The van der Waals surface area contributed by atoms with Gasteiger partial charge in [-0.25, -0.2) is 13.8 Å². The van der Waals surface area contributed by atoms with E-state index in [0.29, 0.717) is 16.9 Å². The number of aromatic nitrogens is 2. The van der Waals surface area contributed by atoms with E-state index in [1.54, 1.807) is 0 Å². The van der Waals surface area contributed by atoms with Crippen LogP contribution in [-0.2, 0) is 4.79 Å². The Morgan fingerprint density at radius 2 is 1.55 bits per heavy atom. The lowest BCUT2D eigenvalue weighted by Gasteiger charge is -2.33. The molecule has 0 spiro atoms. The first-order chi connectivity index (χ1) is 16.1. The van der Waals surface area contributed by atoms with Crippen LogP contribution in [0.4, 0.5) is 8.78 Å². The first kappa shape index (κ1) is 22.1. The van der Waals surface area contributed by atoms with Crippen LogP contribution in [0.15, 0.2) is 42.5 Å². The lowest BCUT2D eigenvalue weighted by molar-refractivity contribution is -0.127. The van der Waals surface area contributed by atoms with Gasteiger partial charge in [0.05, 0.1) is 11.0 Å². The Balaban J connectivity index is 1.65. The van der Waals surface area contributed by atoms with Crippen molar-refractivity contribution in [2.45, 2.75) is 76.3 Å². The lowest BCUT2D eigenvalue weighted by Crippen LogP contribution is -2.43. The molecule has 33 heavy (non-hydrogen) atoms. The van der Waals surface area contributed by atoms with Gasteiger partial charge in [0.15, 0.2) is 11.6 Å². The largest absolute Gasteiger partial charge is 0.352 e. The van der Waals surface area contributed by atoms with Gasteiger partial charge >= 0.3 is 0 Å². The number of imidazole rings is 1. The van der Waals surface area contributed by atoms with Gasteiger partial charge in [0.25, 0.3) is 0 Å². The van der Waals surface area contributed by atoms with Crippen LogP contribution in [0, 0.1) is 17.6 Å². The summed E-state index contributed by atoms with van der Waals surface area (Å²) in [4.78, 5) is 18.6. The Bertz CT molecular complexity index is 1120. The summed E-state index contributed by atoms with van der Waals surface area (Å²) in [5.74, 6) is -1.14. The van der Waals surface area contributed by atoms with Crippen LogP contribution in [-0.4, -0.2) is 21.5 Å². The van der Waals surface area contributed by atoms with E-state index in [-0.39, 0.29) is 17.9 Å². The van der Waals surface area contributed by atoms with E-state index < -0.39 is 17.7 Å². The van der Waals surface area contributed by atoms with E-state index >= 15 is 0 Å². The number of nitrogens with one attached hydrogen (secondary N) is 1. The molecule has 0 aliphatic heterocycles. The van der Waals surface area contributed by atoms with E-state index in [1.807, 2.05) is 34.9 Å². The summed E-state index contributed by atoms with van der Waals surface area (Å²) in [5, 5.41) is 3.32. The minimum atomic E-state index is -0.923. The highest BCUT2D eigenvalue weighted by Crippen LogP contribution is 2.39. The average molecular weight is 452 g/mol. The molecule has 6 heteroatoms. The number of benzene rings is 2. The number of halogens is 2. The van der Waals surface area contributed by atoms with E-state index in [0.717, 1.165) is 63.0 Å². The molecule has 1 N–H and O–H groups in total. The number of hydrogen-bond donors (Lipinski definition) is 1. The van der Waals surface area contributed by atoms with Crippen molar-refractivity contribution in [3.8, 4) is 11.4 Å². The third kappa shape index (κ3) is 4.53. The Morgan fingerprint density at radius 3 is 2.24 bits per heavy atom. The van der Waals surface area contributed by atoms with Crippen LogP contribution in [0.2, 0.25) is 0 Å². The highest BCUT2D eigenvalue weighted by molar-refractivity contribution is 5.87.